The molecule has 3 rings (SSSR count). The summed E-state index contributed by atoms with van der Waals surface area (Å²) in [6, 6.07) is 21.0. The fourth-order valence-electron chi connectivity index (χ4n) is 2.51. The first-order valence-electron chi connectivity index (χ1n) is 8.76. The monoisotopic (exact) mass is 358 g/mol. The molecule has 136 valence electrons. The number of aliphatic imine (C=N–C) groups is 1. The van der Waals surface area contributed by atoms with Gasteiger partial charge in [0, 0.05) is 17.4 Å². The molecule has 0 aliphatic heterocycles. The molecule has 3 aromatic rings. The number of carbonyl (C=O) groups is 1. The third kappa shape index (κ3) is 5.51. The largest absolute Gasteiger partial charge is 0.326 e. The third-order valence-corrected chi connectivity index (χ3v) is 3.95. The topological polar surface area (TPSA) is 66.4 Å². The molecule has 1 aromatic heterocycles. The molecule has 0 saturated heterocycles. The lowest BCUT2D eigenvalue weighted by molar-refractivity contribution is 0.0977. The molecule has 0 radical (unpaired) electrons. The van der Waals surface area contributed by atoms with Crippen LogP contribution in [0.2, 0.25) is 0 Å². The maximum Gasteiger partial charge on any atom is 0.257 e. The van der Waals surface area contributed by atoms with Crippen molar-refractivity contribution in [3.05, 3.63) is 95.3 Å². The Labute approximate surface area is 159 Å². The minimum Gasteiger partial charge on any atom is -0.326 e. The molecule has 0 unspecified atom stereocenters. The number of hydrogen-bond donors (Lipinski definition) is 2. The van der Waals surface area contributed by atoms with E-state index in [0.29, 0.717) is 18.1 Å². The molecular formula is C22H22N4O. The van der Waals surface area contributed by atoms with Gasteiger partial charge in [-0.1, -0.05) is 35.9 Å². The van der Waals surface area contributed by atoms with E-state index in [1.54, 1.807) is 18.3 Å². The summed E-state index contributed by atoms with van der Waals surface area (Å²) in [5.41, 5.74) is 4.49. The van der Waals surface area contributed by atoms with E-state index in [0.717, 1.165) is 22.5 Å². The Kier molecular flexibility index (Phi) is 5.94. The summed E-state index contributed by atoms with van der Waals surface area (Å²) in [4.78, 5) is 21.4. The van der Waals surface area contributed by atoms with E-state index in [1.807, 2.05) is 68.4 Å². The van der Waals surface area contributed by atoms with Gasteiger partial charge in [0.15, 0.2) is 0 Å². The zero-order valence-corrected chi connectivity index (χ0v) is 15.4. The third-order valence-electron chi connectivity index (χ3n) is 3.95. The first-order chi connectivity index (χ1) is 13.1. The SMILES string of the molecule is Cc1ccc(C(=O)NC(=NCc2ccccn2)Nc2cccc(C)c2)cc1. The van der Waals surface area contributed by atoms with E-state index in [4.69, 9.17) is 0 Å². The number of aryl methyl sites for hydroxylation is 2. The molecule has 0 fully saturated rings. The molecule has 5 nitrogen and oxygen atoms in total. The highest BCUT2D eigenvalue weighted by Crippen LogP contribution is 2.10. The summed E-state index contributed by atoms with van der Waals surface area (Å²) in [6.45, 7) is 4.37. The van der Waals surface area contributed by atoms with Crippen molar-refractivity contribution in [1.82, 2.24) is 10.3 Å². The normalized spacial score (nSPS) is 11.1. The molecule has 1 amide bonds. The molecule has 2 N–H and O–H groups in total. The first-order valence-corrected chi connectivity index (χ1v) is 8.76. The molecular weight excluding hydrogens is 336 g/mol. The summed E-state index contributed by atoms with van der Waals surface area (Å²) < 4.78 is 0. The van der Waals surface area contributed by atoms with Crippen LogP contribution in [0, 0.1) is 13.8 Å². The van der Waals surface area contributed by atoms with Gasteiger partial charge in [0.25, 0.3) is 5.91 Å². The summed E-state index contributed by atoms with van der Waals surface area (Å²) >= 11 is 0. The number of guanidine groups is 1. The zero-order chi connectivity index (χ0) is 19.1. The van der Waals surface area contributed by atoms with Crippen molar-refractivity contribution >= 4 is 17.6 Å². The van der Waals surface area contributed by atoms with Gasteiger partial charge in [-0.3, -0.25) is 15.1 Å². The minimum atomic E-state index is -0.213. The van der Waals surface area contributed by atoms with Crippen LogP contribution in [0.25, 0.3) is 0 Å². The Balaban J connectivity index is 1.79. The second kappa shape index (κ2) is 8.76. The Morgan fingerprint density at radius 3 is 2.48 bits per heavy atom. The van der Waals surface area contributed by atoms with Crippen LogP contribution in [-0.4, -0.2) is 16.9 Å². The first kappa shape index (κ1) is 18.3. The van der Waals surface area contributed by atoms with Gasteiger partial charge >= 0.3 is 0 Å². The number of benzene rings is 2. The molecule has 5 heteroatoms. The van der Waals surface area contributed by atoms with Gasteiger partial charge in [0.2, 0.25) is 5.96 Å². The van der Waals surface area contributed by atoms with Crippen LogP contribution in [0.15, 0.2) is 77.9 Å². The smallest absolute Gasteiger partial charge is 0.257 e. The lowest BCUT2D eigenvalue weighted by Crippen LogP contribution is -2.36. The number of nitrogens with zero attached hydrogens (tertiary/aromatic N) is 2. The van der Waals surface area contributed by atoms with Crippen LogP contribution in [0.4, 0.5) is 5.69 Å². The highest BCUT2D eigenvalue weighted by atomic mass is 16.1. The number of rotatable bonds is 4. The maximum absolute atomic E-state index is 12.6. The van der Waals surface area contributed by atoms with Crippen molar-refractivity contribution in [1.29, 1.82) is 0 Å². The van der Waals surface area contributed by atoms with Crippen LogP contribution in [0.1, 0.15) is 27.2 Å². The van der Waals surface area contributed by atoms with E-state index in [2.05, 4.69) is 20.6 Å². The number of aromatic nitrogens is 1. The second-order valence-electron chi connectivity index (χ2n) is 6.30. The van der Waals surface area contributed by atoms with Crippen LogP contribution >= 0.6 is 0 Å². The molecule has 0 aliphatic carbocycles. The number of amides is 1. The predicted octanol–water partition coefficient (Wildman–Crippen LogP) is 4.10. The van der Waals surface area contributed by atoms with Crippen molar-refractivity contribution in [2.45, 2.75) is 20.4 Å². The lowest BCUT2D eigenvalue weighted by Gasteiger charge is -2.12. The molecule has 0 aliphatic rings. The summed E-state index contributed by atoms with van der Waals surface area (Å²) in [5.74, 6) is 0.173. The fourth-order valence-corrected chi connectivity index (χ4v) is 2.51. The van der Waals surface area contributed by atoms with E-state index in [1.165, 1.54) is 0 Å². The Morgan fingerprint density at radius 2 is 1.78 bits per heavy atom. The van der Waals surface area contributed by atoms with E-state index in [-0.39, 0.29) is 5.91 Å². The van der Waals surface area contributed by atoms with E-state index >= 15 is 0 Å². The van der Waals surface area contributed by atoms with Crippen LogP contribution in [0.3, 0.4) is 0 Å². The highest BCUT2D eigenvalue weighted by molar-refractivity contribution is 6.09. The van der Waals surface area contributed by atoms with Crippen LogP contribution in [0.5, 0.6) is 0 Å². The molecule has 0 saturated carbocycles. The number of anilines is 1. The van der Waals surface area contributed by atoms with Gasteiger partial charge in [-0.2, -0.15) is 0 Å². The number of nitrogens with one attached hydrogen (secondary N) is 2. The van der Waals surface area contributed by atoms with Crippen molar-refractivity contribution in [2.75, 3.05) is 5.32 Å². The van der Waals surface area contributed by atoms with Crippen LogP contribution in [-0.2, 0) is 6.54 Å². The van der Waals surface area contributed by atoms with Gasteiger partial charge in [-0.25, -0.2) is 4.99 Å². The number of pyridine rings is 1. The number of hydrogen-bond acceptors (Lipinski definition) is 3. The van der Waals surface area contributed by atoms with Gasteiger partial charge < -0.3 is 5.32 Å². The van der Waals surface area contributed by atoms with E-state index in [9.17, 15) is 4.79 Å². The Morgan fingerprint density at radius 1 is 0.963 bits per heavy atom. The van der Waals surface area contributed by atoms with Crippen molar-refractivity contribution in [3.8, 4) is 0 Å². The van der Waals surface area contributed by atoms with Gasteiger partial charge in [-0.05, 0) is 55.8 Å². The average Bonchev–Trinajstić information content (AvgIpc) is 2.67. The zero-order valence-electron chi connectivity index (χ0n) is 15.4. The molecule has 1 heterocycles. The average molecular weight is 358 g/mol. The summed E-state index contributed by atoms with van der Waals surface area (Å²) in [6.07, 6.45) is 1.73. The van der Waals surface area contributed by atoms with Gasteiger partial charge in [0.1, 0.15) is 0 Å². The van der Waals surface area contributed by atoms with Gasteiger partial charge in [0.05, 0.1) is 12.2 Å². The minimum absolute atomic E-state index is 0.213. The van der Waals surface area contributed by atoms with Crippen molar-refractivity contribution < 1.29 is 4.79 Å². The molecule has 2 aromatic carbocycles. The van der Waals surface area contributed by atoms with Gasteiger partial charge in [-0.15, -0.1) is 0 Å². The van der Waals surface area contributed by atoms with Crippen molar-refractivity contribution in [3.63, 3.8) is 0 Å². The maximum atomic E-state index is 12.6. The lowest BCUT2D eigenvalue weighted by atomic mass is 10.1. The molecule has 27 heavy (non-hydrogen) atoms. The molecule has 0 spiro atoms. The molecule has 0 bridgehead atoms. The van der Waals surface area contributed by atoms with Crippen molar-refractivity contribution in [2.24, 2.45) is 4.99 Å². The quantitative estimate of drug-likeness (QED) is 0.545. The summed E-state index contributed by atoms with van der Waals surface area (Å²) in [7, 11) is 0. The number of carbonyl (C=O) groups excluding carboxylic acids is 1. The Bertz CT molecular complexity index is 934. The van der Waals surface area contributed by atoms with E-state index < -0.39 is 0 Å². The predicted molar refractivity (Wildman–Crippen MR) is 109 cm³/mol. The molecule has 0 atom stereocenters. The Hall–Kier alpha value is -3.47. The second-order valence-corrected chi connectivity index (χ2v) is 6.30. The standard InChI is InChI=1S/C22H22N4O/c1-16-9-11-18(12-10-16)21(27)26-22(24-15-20-7-3-4-13-23-20)25-19-8-5-6-17(2)14-19/h3-14H,15H2,1-2H3,(H2,24,25,26,27). The highest BCUT2D eigenvalue weighted by Gasteiger charge is 2.09. The van der Waals surface area contributed by atoms with Crippen LogP contribution < -0.4 is 10.6 Å². The fraction of sp³-hybridized carbons (Fsp3) is 0.136. The summed E-state index contributed by atoms with van der Waals surface area (Å²) in [5, 5.41) is 6.06.